The Morgan fingerprint density at radius 2 is 2.21 bits per heavy atom. The number of rotatable bonds is 7. The molecule has 1 rings (SSSR count). The van der Waals surface area contributed by atoms with Crippen molar-refractivity contribution in [1.82, 2.24) is 0 Å². The van der Waals surface area contributed by atoms with Crippen LogP contribution in [0.4, 0.5) is 10.1 Å². The predicted octanol–water partition coefficient (Wildman–Crippen LogP) is 2.78. The van der Waals surface area contributed by atoms with Crippen LogP contribution in [0.3, 0.4) is 0 Å². The Hall–Kier alpha value is -1.62. The molecule has 0 amide bonds. The molecule has 0 saturated carbocycles. The van der Waals surface area contributed by atoms with E-state index in [-0.39, 0.29) is 17.3 Å². The molecule has 0 radical (unpaired) electrons. The van der Waals surface area contributed by atoms with E-state index in [9.17, 15) is 14.3 Å². The van der Waals surface area contributed by atoms with Gasteiger partial charge in [0.05, 0.1) is 17.9 Å². The number of methoxy groups -OCH3 is 1. The minimum absolute atomic E-state index is 0.0172. The molecule has 19 heavy (non-hydrogen) atoms. The average molecular weight is 269 g/mol. The molecule has 1 atom stereocenters. The van der Waals surface area contributed by atoms with Crippen molar-refractivity contribution in [1.29, 1.82) is 0 Å². The van der Waals surface area contributed by atoms with E-state index < -0.39 is 11.8 Å². The summed E-state index contributed by atoms with van der Waals surface area (Å²) in [5.74, 6) is -1.64. The molecular formula is C14H20FNO3. The van der Waals surface area contributed by atoms with Crippen LogP contribution in [0.1, 0.15) is 30.6 Å². The third kappa shape index (κ3) is 3.67. The first-order chi connectivity index (χ1) is 9.02. The number of aromatic carboxylic acids is 1. The molecule has 0 aliphatic heterocycles. The zero-order valence-electron chi connectivity index (χ0n) is 11.5. The molecule has 0 fully saturated rings. The van der Waals surface area contributed by atoms with Crippen LogP contribution in [0, 0.1) is 5.82 Å². The monoisotopic (exact) mass is 269 g/mol. The predicted molar refractivity (Wildman–Crippen MR) is 72.3 cm³/mol. The maximum atomic E-state index is 14.0. The summed E-state index contributed by atoms with van der Waals surface area (Å²) in [7, 11) is 1.56. The fourth-order valence-corrected chi connectivity index (χ4v) is 1.94. The fraction of sp³-hybridized carbons (Fsp3) is 0.500. The number of carbonyl (C=O) groups is 1. The second-order valence-electron chi connectivity index (χ2n) is 4.38. The van der Waals surface area contributed by atoms with Gasteiger partial charge in [-0.1, -0.05) is 13.0 Å². The third-order valence-corrected chi connectivity index (χ3v) is 3.16. The van der Waals surface area contributed by atoms with Gasteiger partial charge in [0.1, 0.15) is 5.82 Å². The van der Waals surface area contributed by atoms with Gasteiger partial charge in [0.2, 0.25) is 0 Å². The zero-order chi connectivity index (χ0) is 14.4. The lowest BCUT2D eigenvalue weighted by atomic mass is 10.1. The molecule has 1 aromatic rings. The lowest BCUT2D eigenvalue weighted by Crippen LogP contribution is -2.37. The number of para-hydroxylation sites is 1. The Labute approximate surface area is 112 Å². The smallest absolute Gasteiger partial charge is 0.337 e. The molecular weight excluding hydrogens is 249 g/mol. The minimum atomic E-state index is -1.12. The summed E-state index contributed by atoms with van der Waals surface area (Å²) in [6.45, 7) is 4.78. The van der Waals surface area contributed by atoms with Crippen LogP contribution in [-0.2, 0) is 4.74 Å². The molecule has 1 aromatic carbocycles. The molecule has 1 N–H and O–H groups in total. The Morgan fingerprint density at radius 3 is 2.74 bits per heavy atom. The van der Waals surface area contributed by atoms with Crippen LogP contribution in [0.25, 0.3) is 0 Å². The summed E-state index contributed by atoms with van der Waals surface area (Å²) in [5.41, 5.74) is 0.123. The van der Waals surface area contributed by atoms with Crippen molar-refractivity contribution in [2.75, 3.05) is 25.2 Å². The largest absolute Gasteiger partial charge is 0.478 e. The Bertz CT molecular complexity index is 437. The van der Waals surface area contributed by atoms with E-state index >= 15 is 0 Å². The van der Waals surface area contributed by atoms with Gasteiger partial charge >= 0.3 is 5.97 Å². The molecule has 4 nitrogen and oxygen atoms in total. The number of hydrogen-bond acceptors (Lipinski definition) is 3. The standard InChI is InChI=1S/C14H20FNO3/c1-4-10(2)16(8-9-19-3)13-11(14(17)18)6-5-7-12(13)15/h5-7,10H,4,8-9H2,1-3H3,(H,17,18). The van der Waals surface area contributed by atoms with Crippen LogP contribution in [0.2, 0.25) is 0 Å². The van der Waals surface area contributed by atoms with Gasteiger partial charge in [-0.05, 0) is 25.5 Å². The number of benzene rings is 1. The second kappa shape index (κ2) is 7.09. The van der Waals surface area contributed by atoms with Crippen molar-refractivity contribution >= 4 is 11.7 Å². The van der Waals surface area contributed by atoms with E-state index in [1.54, 1.807) is 12.0 Å². The molecule has 1 unspecified atom stereocenters. The van der Waals surface area contributed by atoms with Crippen molar-refractivity contribution in [2.45, 2.75) is 26.3 Å². The summed E-state index contributed by atoms with van der Waals surface area (Å²) >= 11 is 0. The Balaban J connectivity index is 3.23. The first-order valence-electron chi connectivity index (χ1n) is 6.30. The normalized spacial score (nSPS) is 12.2. The van der Waals surface area contributed by atoms with Crippen molar-refractivity contribution in [3.05, 3.63) is 29.6 Å². The Kier molecular flexibility index (Phi) is 5.76. The maximum Gasteiger partial charge on any atom is 0.337 e. The number of nitrogens with zero attached hydrogens (tertiary/aromatic N) is 1. The van der Waals surface area contributed by atoms with Crippen molar-refractivity contribution in [3.8, 4) is 0 Å². The van der Waals surface area contributed by atoms with Gasteiger partial charge in [-0.2, -0.15) is 0 Å². The number of anilines is 1. The number of ether oxygens (including phenoxy) is 1. The lowest BCUT2D eigenvalue weighted by Gasteiger charge is -2.31. The van der Waals surface area contributed by atoms with Gasteiger partial charge in [0, 0.05) is 19.7 Å². The van der Waals surface area contributed by atoms with Crippen LogP contribution < -0.4 is 4.90 Å². The van der Waals surface area contributed by atoms with Gasteiger partial charge in [0.15, 0.2) is 0 Å². The summed E-state index contributed by atoms with van der Waals surface area (Å²) in [6, 6.07) is 4.14. The summed E-state index contributed by atoms with van der Waals surface area (Å²) in [6.07, 6.45) is 0.789. The first kappa shape index (κ1) is 15.4. The van der Waals surface area contributed by atoms with Gasteiger partial charge in [-0.15, -0.1) is 0 Å². The van der Waals surface area contributed by atoms with Crippen molar-refractivity contribution in [3.63, 3.8) is 0 Å². The summed E-state index contributed by atoms with van der Waals surface area (Å²) in [5, 5.41) is 9.19. The second-order valence-corrected chi connectivity index (χ2v) is 4.38. The van der Waals surface area contributed by atoms with Crippen molar-refractivity contribution in [2.24, 2.45) is 0 Å². The van der Waals surface area contributed by atoms with E-state index in [0.717, 1.165) is 6.42 Å². The van der Waals surface area contributed by atoms with Crippen LogP contribution in [-0.4, -0.2) is 37.4 Å². The highest BCUT2D eigenvalue weighted by Crippen LogP contribution is 2.27. The molecule has 0 heterocycles. The highest BCUT2D eigenvalue weighted by atomic mass is 19.1. The molecule has 0 spiro atoms. The molecule has 0 aliphatic rings. The van der Waals surface area contributed by atoms with Gasteiger partial charge in [-0.3, -0.25) is 0 Å². The topological polar surface area (TPSA) is 49.8 Å². The summed E-state index contributed by atoms with van der Waals surface area (Å²) in [4.78, 5) is 13.0. The maximum absolute atomic E-state index is 14.0. The summed E-state index contributed by atoms with van der Waals surface area (Å²) < 4.78 is 19.1. The molecule has 0 bridgehead atoms. The van der Waals surface area contributed by atoms with Crippen LogP contribution >= 0.6 is 0 Å². The molecule has 106 valence electrons. The van der Waals surface area contributed by atoms with Gasteiger partial charge < -0.3 is 14.7 Å². The quantitative estimate of drug-likeness (QED) is 0.827. The number of carboxylic acid groups (broad SMARTS) is 1. The number of halogens is 1. The highest BCUT2D eigenvalue weighted by Gasteiger charge is 2.23. The minimum Gasteiger partial charge on any atom is -0.478 e. The molecule has 0 aromatic heterocycles. The van der Waals surface area contributed by atoms with E-state index in [1.807, 2.05) is 13.8 Å². The Morgan fingerprint density at radius 1 is 1.53 bits per heavy atom. The van der Waals surface area contributed by atoms with Gasteiger partial charge in [-0.25, -0.2) is 9.18 Å². The van der Waals surface area contributed by atoms with E-state index in [1.165, 1.54) is 18.2 Å². The fourth-order valence-electron chi connectivity index (χ4n) is 1.94. The third-order valence-electron chi connectivity index (χ3n) is 3.16. The van der Waals surface area contributed by atoms with E-state index in [0.29, 0.717) is 13.2 Å². The highest BCUT2D eigenvalue weighted by molar-refractivity contribution is 5.94. The van der Waals surface area contributed by atoms with Crippen LogP contribution in [0.15, 0.2) is 18.2 Å². The molecule has 0 aliphatic carbocycles. The average Bonchev–Trinajstić information content (AvgIpc) is 2.39. The first-order valence-corrected chi connectivity index (χ1v) is 6.30. The van der Waals surface area contributed by atoms with Gasteiger partial charge in [0.25, 0.3) is 0 Å². The van der Waals surface area contributed by atoms with E-state index in [2.05, 4.69) is 0 Å². The molecule has 0 saturated heterocycles. The van der Waals surface area contributed by atoms with Crippen LogP contribution in [0.5, 0.6) is 0 Å². The SMILES string of the molecule is CCC(C)N(CCOC)c1c(F)cccc1C(=O)O. The zero-order valence-corrected chi connectivity index (χ0v) is 11.5. The number of hydrogen-bond donors (Lipinski definition) is 1. The van der Waals surface area contributed by atoms with E-state index in [4.69, 9.17) is 4.74 Å². The lowest BCUT2D eigenvalue weighted by molar-refractivity contribution is 0.0696. The van der Waals surface area contributed by atoms with Crippen molar-refractivity contribution < 1.29 is 19.0 Å². The molecule has 5 heteroatoms. The number of carboxylic acids is 1.